The van der Waals surface area contributed by atoms with E-state index < -0.39 is 0 Å². The molecule has 22 heavy (non-hydrogen) atoms. The highest BCUT2D eigenvalue weighted by molar-refractivity contribution is 5.92. The topological polar surface area (TPSA) is 46.3 Å². The molecule has 1 aromatic rings. The Balaban J connectivity index is 3.57. The molecule has 0 fully saturated rings. The fourth-order valence-corrected chi connectivity index (χ4v) is 2.59. The molecular formula is C19H32N2O. The van der Waals surface area contributed by atoms with Crippen LogP contribution >= 0.6 is 0 Å². The van der Waals surface area contributed by atoms with Crippen molar-refractivity contribution in [2.45, 2.75) is 72.1 Å². The van der Waals surface area contributed by atoms with E-state index in [1.54, 1.807) is 4.90 Å². The van der Waals surface area contributed by atoms with Crippen molar-refractivity contribution in [1.82, 2.24) is 0 Å². The highest BCUT2D eigenvalue weighted by atomic mass is 16.2. The SMILES string of the molecule is CCN(C(N)=O)c1cc(C(C)(C)CC)ccc1C(C)(C)CC. The van der Waals surface area contributed by atoms with Gasteiger partial charge in [-0.2, -0.15) is 0 Å². The summed E-state index contributed by atoms with van der Waals surface area (Å²) in [6, 6.07) is 6.15. The molecule has 1 aromatic carbocycles. The first-order chi connectivity index (χ1) is 10.1. The predicted octanol–water partition coefficient (Wildman–Crippen LogP) is 4.97. The quantitative estimate of drug-likeness (QED) is 0.792. The molecule has 0 unspecified atom stereocenters. The first-order valence-corrected chi connectivity index (χ1v) is 8.32. The van der Waals surface area contributed by atoms with Gasteiger partial charge in [-0.3, -0.25) is 4.90 Å². The first kappa shape index (κ1) is 18.5. The average Bonchev–Trinajstić information content (AvgIpc) is 2.47. The van der Waals surface area contributed by atoms with Gasteiger partial charge < -0.3 is 5.73 Å². The number of nitrogens with two attached hydrogens (primary N) is 1. The molecular weight excluding hydrogens is 272 g/mol. The smallest absolute Gasteiger partial charge is 0.319 e. The molecule has 2 N–H and O–H groups in total. The summed E-state index contributed by atoms with van der Waals surface area (Å²) in [5.74, 6) is 0. The maximum Gasteiger partial charge on any atom is 0.319 e. The molecule has 3 nitrogen and oxygen atoms in total. The molecule has 0 spiro atoms. The number of rotatable bonds is 6. The zero-order chi connectivity index (χ0) is 17.1. The fraction of sp³-hybridized carbons (Fsp3) is 0.632. The third kappa shape index (κ3) is 3.63. The minimum atomic E-state index is -0.387. The molecule has 0 aliphatic heterocycles. The maximum absolute atomic E-state index is 11.9. The molecule has 0 aliphatic rings. The standard InChI is InChI=1S/C19H32N2O/c1-8-18(4,5)14-11-12-15(19(6,7)9-2)16(13-14)21(10-3)17(20)22/h11-13H,8-10H2,1-7H3,(H2,20,22). The Kier molecular flexibility index (Phi) is 5.66. The number of hydrogen-bond donors (Lipinski definition) is 1. The Labute approximate surface area is 135 Å². The van der Waals surface area contributed by atoms with Crippen LogP contribution in [0.1, 0.15) is 72.4 Å². The van der Waals surface area contributed by atoms with Gasteiger partial charge in [-0.15, -0.1) is 0 Å². The van der Waals surface area contributed by atoms with E-state index in [2.05, 4.69) is 59.7 Å². The summed E-state index contributed by atoms with van der Waals surface area (Å²) >= 11 is 0. The summed E-state index contributed by atoms with van der Waals surface area (Å²) < 4.78 is 0. The van der Waals surface area contributed by atoms with Crippen LogP contribution in [0, 0.1) is 0 Å². The zero-order valence-corrected chi connectivity index (χ0v) is 15.3. The predicted molar refractivity (Wildman–Crippen MR) is 95.7 cm³/mol. The summed E-state index contributed by atoms with van der Waals surface area (Å²) in [5, 5.41) is 0. The lowest BCUT2D eigenvalue weighted by molar-refractivity contribution is 0.254. The van der Waals surface area contributed by atoms with Crippen molar-refractivity contribution in [2.75, 3.05) is 11.4 Å². The van der Waals surface area contributed by atoms with E-state index in [0.29, 0.717) is 6.54 Å². The number of nitrogens with zero attached hydrogens (tertiary/aromatic N) is 1. The van der Waals surface area contributed by atoms with Gasteiger partial charge in [0, 0.05) is 12.2 Å². The number of primary amides is 1. The van der Waals surface area contributed by atoms with Crippen molar-refractivity contribution < 1.29 is 4.79 Å². The van der Waals surface area contributed by atoms with E-state index in [4.69, 9.17) is 5.73 Å². The highest BCUT2D eigenvalue weighted by Gasteiger charge is 2.28. The second-order valence-electron chi connectivity index (χ2n) is 7.29. The van der Waals surface area contributed by atoms with Crippen LogP contribution in [-0.2, 0) is 10.8 Å². The highest BCUT2D eigenvalue weighted by Crippen LogP contribution is 2.38. The van der Waals surface area contributed by atoms with Crippen LogP contribution in [0.15, 0.2) is 18.2 Å². The Hall–Kier alpha value is -1.51. The van der Waals surface area contributed by atoms with Crippen molar-refractivity contribution in [3.8, 4) is 0 Å². The average molecular weight is 304 g/mol. The molecule has 1 rings (SSSR count). The Bertz CT molecular complexity index is 532. The summed E-state index contributed by atoms with van der Waals surface area (Å²) in [6.07, 6.45) is 2.05. The maximum atomic E-state index is 11.9. The lowest BCUT2D eigenvalue weighted by Gasteiger charge is -2.33. The molecule has 0 saturated heterocycles. The molecule has 0 radical (unpaired) electrons. The van der Waals surface area contributed by atoms with Crippen molar-refractivity contribution in [2.24, 2.45) is 5.73 Å². The van der Waals surface area contributed by atoms with Gasteiger partial charge in [-0.1, -0.05) is 53.7 Å². The second kappa shape index (κ2) is 6.72. The van der Waals surface area contributed by atoms with E-state index in [0.717, 1.165) is 18.5 Å². The van der Waals surface area contributed by atoms with Crippen LogP contribution in [0.5, 0.6) is 0 Å². The third-order valence-corrected chi connectivity index (χ3v) is 5.15. The minimum absolute atomic E-state index is 0.00703. The number of amides is 2. The Morgan fingerprint density at radius 3 is 2.00 bits per heavy atom. The van der Waals surface area contributed by atoms with Crippen molar-refractivity contribution in [3.05, 3.63) is 29.3 Å². The van der Waals surface area contributed by atoms with Gasteiger partial charge >= 0.3 is 6.03 Å². The van der Waals surface area contributed by atoms with Crippen LogP contribution in [0.2, 0.25) is 0 Å². The van der Waals surface area contributed by atoms with Gasteiger partial charge in [0.15, 0.2) is 0 Å². The lowest BCUT2D eigenvalue weighted by atomic mass is 9.77. The van der Waals surface area contributed by atoms with Gasteiger partial charge in [-0.05, 0) is 47.8 Å². The minimum Gasteiger partial charge on any atom is -0.351 e. The molecule has 3 heteroatoms. The number of anilines is 1. The van der Waals surface area contributed by atoms with E-state index in [9.17, 15) is 4.79 Å². The molecule has 0 saturated carbocycles. The zero-order valence-electron chi connectivity index (χ0n) is 15.3. The van der Waals surface area contributed by atoms with Gasteiger partial charge in [-0.25, -0.2) is 4.79 Å². The molecule has 0 bridgehead atoms. The summed E-state index contributed by atoms with van der Waals surface area (Å²) in [5.41, 5.74) is 9.10. The van der Waals surface area contributed by atoms with Crippen LogP contribution in [0.4, 0.5) is 10.5 Å². The lowest BCUT2D eigenvalue weighted by Crippen LogP contribution is -2.37. The Morgan fingerprint density at radius 2 is 1.59 bits per heavy atom. The van der Waals surface area contributed by atoms with Crippen LogP contribution < -0.4 is 10.6 Å². The van der Waals surface area contributed by atoms with Gasteiger partial charge in [0.1, 0.15) is 0 Å². The largest absolute Gasteiger partial charge is 0.351 e. The van der Waals surface area contributed by atoms with E-state index in [-0.39, 0.29) is 16.9 Å². The number of benzene rings is 1. The van der Waals surface area contributed by atoms with Gasteiger partial charge in [0.05, 0.1) is 0 Å². The van der Waals surface area contributed by atoms with E-state index in [1.165, 1.54) is 11.1 Å². The third-order valence-electron chi connectivity index (χ3n) is 5.15. The van der Waals surface area contributed by atoms with Crippen LogP contribution in [0.3, 0.4) is 0 Å². The number of carbonyl (C=O) groups is 1. The molecule has 124 valence electrons. The number of hydrogen-bond acceptors (Lipinski definition) is 1. The fourth-order valence-electron chi connectivity index (χ4n) is 2.59. The van der Waals surface area contributed by atoms with Gasteiger partial charge in [0.2, 0.25) is 0 Å². The van der Waals surface area contributed by atoms with Crippen molar-refractivity contribution in [3.63, 3.8) is 0 Å². The second-order valence-corrected chi connectivity index (χ2v) is 7.29. The molecule has 0 aliphatic carbocycles. The van der Waals surface area contributed by atoms with E-state index in [1.807, 2.05) is 6.92 Å². The normalized spacial score (nSPS) is 12.3. The van der Waals surface area contributed by atoms with Gasteiger partial charge in [0.25, 0.3) is 0 Å². The monoisotopic (exact) mass is 304 g/mol. The molecule has 2 amide bonds. The summed E-state index contributed by atoms with van der Waals surface area (Å²) in [4.78, 5) is 13.6. The number of carbonyl (C=O) groups excluding carboxylic acids is 1. The van der Waals surface area contributed by atoms with Crippen molar-refractivity contribution >= 4 is 11.7 Å². The van der Waals surface area contributed by atoms with E-state index >= 15 is 0 Å². The number of urea groups is 1. The molecule has 0 heterocycles. The van der Waals surface area contributed by atoms with Crippen molar-refractivity contribution in [1.29, 1.82) is 0 Å². The van der Waals surface area contributed by atoms with Crippen LogP contribution in [0.25, 0.3) is 0 Å². The van der Waals surface area contributed by atoms with Crippen LogP contribution in [-0.4, -0.2) is 12.6 Å². The first-order valence-electron chi connectivity index (χ1n) is 8.32. The summed E-state index contributed by atoms with van der Waals surface area (Å²) in [6.45, 7) is 15.8. The molecule has 0 atom stereocenters. The Morgan fingerprint density at radius 1 is 1.05 bits per heavy atom. The molecule has 0 aromatic heterocycles. The summed E-state index contributed by atoms with van der Waals surface area (Å²) in [7, 11) is 0.